The number of nitrogens with two attached hydrogens (primary N) is 1. The second-order valence-electron chi connectivity index (χ2n) is 10.8. The van der Waals surface area contributed by atoms with Gasteiger partial charge in [0, 0.05) is 13.1 Å². The van der Waals surface area contributed by atoms with Crippen LogP contribution in [0.4, 0.5) is 4.79 Å². The molecule has 2 aromatic carbocycles. The molecule has 4 N–H and O–H groups in total. The van der Waals surface area contributed by atoms with Gasteiger partial charge in [-0.25, -0.2) is 4.79 Å². The quantitative estimate of drug-likeness (QED) is 0.375. The number of carbonyl (C=O) groups excluding carboxylic acids is 4. The molecule has 0 aromatic heterocycles. The van der Waals surface area contributed by atoms with E-state index in [2.05, 4.69) is 10.6 Å². The second kappa shape index (κ2) is 14.3. The number of primary amides is 1. The van der Waals surface area contributed by atoms with Crippen LogP contribution in [0.3, 0.4) is 0 Å². The fourth-order valence-electron chi connectivity index (χ4n) is 4.27. The summed E-state index contributed by atoms with van der Waals surface area (Å²) in [5.41, 5.74) is 8.06. The van der Waals surface area contributed by atoms with Crippen LogP contribution in [0, 0.1) is 13.8 Å². The average Bonchev–Trinajstić information content (AvgIpc) is 2.82. The van der Waals surface area contributed by atoms with E-state index in [1.54, 1.807) is 20.8 Å². The summed E-state index contributed by atoms with van der Waals surface area (Å²) in [7, 11) is 0. The Bertz CT molecular complexity index is 1120. The smallest absolute Gasteiger partial charge is 0.408 e. The molecular weight excluding hydrogens is 496 g/mol. The van der Waals surface area contributed by atoms with Crippen LogP contribution in [0.1, 0.15) is 75.3 Å². The van der Waals surface area contributed by atoms with Crippen molar-refractivity contribution in [1.29, 1.82) is 0 Å². The van der Waals surface area contributed by atoms with Gasteiger partial charge >= 0.3 is 6.09 Å². The second-order valence-corrected chi connectivity index (χ2v) is 10.8. The molecule has 0 aliphatic heterocycles. The first-order valence-corrected chi connectivity index (χ1v) is 13.3. The lowest BCUT2D eigenvalue weighted by atomic mass is 9.97. The van der Waals surface area contributed by atoms with Gasteiger partial charge in [-0.05, 0) is 52.2 Å². The number of aryl methyl sites for hydroxylation is 2. The summed E-state index contributed by atoms with van der Waals surface area (Å²) in [6, 6.07) is 12.9. The Morgan fingerprint density at radius 3 is 2.15 bits per heavy atom. The van der Waals surface area contributed by atoms with Gasteiger partial charge in [0.1, 0.15) is 17.7 Å². The maximum absolute atomic E-state index is 14.0. The van der Waals surface area contributed by atoms with Crippen LogP contribution in [0.2, 0.25) is 0 Å². The van der Waals surface area contributed by atoms with Gasteiger partial charge in [-0.2, -0.15) is 0 Å². The highest BCUT2D eigenvalue weighted by Crippen LogP contribution is 2.26. The monoisotopic (exact) mass is 538 g/mol. The molecule has 9 nitrogen and oxygen atoms in total. The van der Waals surface area contributed by atoms with E-state index in [1.165, 1.54) is 4.90 Å². The molecule has 0 radical (unpaired) electrons. The SMILES string of the molecule is CCCCN(C(=O)C(CC(N)=O)NC(=O)OC(C)(C)C)C(C(=O)NCc1ccccc1)c1cc(C)cc(C)c1. The maximum atomic E-state index is 14.0. The summed E-state index contributed by atoms with van der Waals surface area (Å²) in [6.45, 7) is 11.4. The highest BCUT2D eigenvalue weighted by Gasteiger charge is 2.36. The molecule has 0 heterocycles. The van der Waals surface area contributed by atoms with E-state index in [0.29, 0.717) is 12.0 Å². The summed E-state index contributed by atoms with van der Waals surface area (Å²) in [6.07, 6.45) is 0.0734. The number of hydrogen-bond acceptors (Lipinski definition) is 5. The maximum Gasteiger partial charge on any atom is 0.408 e. The number of ether oxygens (including phenoxy) is 1. The van der Waals surface area contributed by atoms with Crippen molar-refractivity contribution in [2.45, 2.75) is 85.0 Å². The molecule has 0 aliphatic carbocycles. The van der Waals surface area contributed by atoms with E-state index >= 15 is 0 Å². The summed E-state index contributed by atoms with van der Waals surface area (Å²) in [5, 5.41) is 5.47. The molecule has 9 heteroatoms. The summed E-state index contributed by atoms with van der Waals surface area (Å²) >= 11 is 0. The van der Waals surface area contributed by atoms with Crippen molar-refractivity contribution in [2.24, 2.45) is 5.73 Å². The summed E-state index contributed by atoms with van der Waals surface area (Å²) in [5.74, 6) is -1.73. The number of hydrogen-bond donors (Lipinski definition) is 3. The molecule has 0 spiro atoms. The summed E-state index contributed by atoms with van der Waals surface area (Å²) in [4.78, 5) is 53.7. The molecule has 212 valence electrons. The van der Waals surface area contributed by atoms with Crippen molar-refractivity contribution in [1.82, 2.24) is 15.5 Å². The van der Waals surface area contributed by atoms with Crippen LogP contribution in [0.15, 0.2) is 48.5 Å². The van der Waals surface area contributed by atoms with Gasteiger partial charge in [-0.3, -0.25) is 14.4 Å². The first-order valence-electron chi connectivity index (χ1n) is 13.3. The van der Waals surface area contributed by atoms with Gasteiger partial charge in [-0.15, -0.1) is 0 Å². The van der Waals surface area contributed by atoms with Crippen molar-refractivity contribution in [3.8, 4) is 0 Å². The molecule has 0 fully saturated rings. The zero-order valence-corrected chi connectivity index (χ0v) is 23.9. The van der Waals surface area contributed by atoms with E-state index in [4.69, 9.17) is 10.5 Å². The largest absolute Gasteiger partial charge is 0.444 e. The lowest BCUT2D eigenvalue weighted by Crippen LogP contribution is -2.54. The first kappa shape index (κ1) is 31.3. The van der Waals surface area contributed by atoms with Crippen LogP contribution in [0.25, 0.3) is 0 Å². The standard InChI is InChI=1S/C30H42N4O5/c1-7-8-14-34(28(37)24(18-25(31)35)33-29(38)39-30(4,5)6)26(23-16-20(2)15-21(3)17-23)27(36)32-19-22-12-10-9-11-13-22/h9-13,15-17,24,26H,7-8,14,18-19H2,1-6H3,(H2,31,35)(H,32,36)(H,33,38). The van der Waals surface area contributed by atoms with Gasteiger partial charge in [0.2, 0.25) is 17.7 Å². The number of carbonyl (C=O) groups is 4. The Morgan fingerprint density at radius 1 is 1.00 bits per heavy atom. The number of nitrogens with one attached hydrogen (secondary N) is 2. The fraction of sp³-hybridized carbons (Fsp3) is 0.467. The van der Waals surface area contributed by atoms with Gasteiger partial charge in [0.15, 0.2) is 0 Å². The molecule has 39 heavy (non-hydrogen) atoms. The highest BCUT2D eigenvalue weighted by atomic mass is 16.6. The number of unbranched alkanes of at least 4 members (excludes halogenated alkanes) is 1. The van der Waals surface area contributed by atoms with E-state index < -0.39 is 42.0 Å². The number of rotatable bonds is 12. The van der Waals surface area contributed by atoms with Crippen molar-refractivity contribution in [2.75, 3.05) is 6.54 Å². The predicted octanol–water partition coefficient (Wildman–Crippen LogP) is 4.06. The minimum Gasteiger partial charge on any atom is -0.444 e. The van der Waals surface area contributed by atoms with Crippen LogP contribution < -0.4 is 16.4 Å². The van der Waals surface area contributed by atoms with Crippen LogP contribution >= 0.6 is 0 Å². The number of amides is 4. The van der Waals surface area contributed by atoms with E-state index in [-0.39, 0.29) is 19.0 Å². The number of benzene rings is 2. The highest BCUT2D eigenvalue weighted by molar-refractivity contribution is 5.94. The topological polar surface area (TPSA) is 131 Å². The minimum atomic E-state index is -1.30. The Morgan fingerprint density at radius 2 is 1.62 bits per heavy atom. The normalized spacial score (nSPS) is 12.7. The summed E-state index contributed by atoms with van der Waals surface area (Å²) < 4.78 is 5.32. The molecule has 0 aliphatic rings. The van der Waals surface area contributed by atoms with E-state index in [0.717, 1.165) is 23.1 Å². The van der Waals surface area contributed by atoms with Gasteiger partial charge in [0.25, 0.3) is 0 Å². The minimum absolute atomic E-state index is 0.233. The van der Waals surface area contributed by atoms with Crippen molar-refractivity contribution in [3.63, 3.8) is 0 Å². The molecule has 2 unspecified atom stereocenters. The molecule has 2 atom stereocenters. The zero-order chi connectivity index (χ0) is 29.2. The molecule has 2 aromatic rings. The average molecular weight is 539 g/mol. The van der Waals surface area contributed by atoms with Gasteiger partial charge in [0.05, 0.1) is 6.42 Å². The lowest BCUT2D eigenvalue weighted by molar-refractivity contribution is -0.143. The Hall–Kier alpha value is -3.88. The molecule has 4 amide bonds. The van der Waals surface area contributed by atoms with E-state index in [9.17, 15) is 19.2 Å². The number of nitrogens with zero attached hydrogens (tertiary/aromatic N) is 1. The predicted molar refractivity (Wildman–Crippen MR) is 151 cm³/mol. The molecule has 0 saturated carbocycles. The first-order chi connectivity index (χ1) is 18.3. The van der Waals surface area contributed by atoms with Crippen molar-refractivity contribution >= 4 is 23.8 Å². The van der Waals surface area contributed by atoms with Crippen LogP contribution in [-0.2, 0) is 25.7 Å². The Labute approximate surface area is 231 Å². The molecular formula is C30H42N4O5. The Kier molecular flexibility index (Phi) is 11.5. The number of alkyl carbamates (subject to hydrolysis) is 1. The van der Waals surface area contributed by atoms with Gasteiger partial charge < -0.3 is 26.0 Å². The fourth-order valence-corrected chi connectivity index (χ4v) is 4.27. The van der Waals surface area contributed by atoms with Crippen LogP contribution in [0.5, 0.6) is 0 Å². The zero-order valence-electron chi connectivity index (χ0n) is 23.9. The van der Waals surface area contributed by atoms with Gasteiger partial charge in [-0.1, -0.05) is 73.0 Å². The Balaban J connectivity index is 2.51. The van der Waals surface area contributed by atoms with Crippen molar-refractivity contribution < 1.29 is 23.9 Å². The van der Waals surface area contributed by atoms with Crippen LogP contribution in [-0.4, -0.2) is 46.9 Å². The molecule has 0 bridgehead atoms. The molecule has 0 saturated heterocycles. The lowest BCUT2D eigenvalue weighted by Gasteiger charge is -2.34. The molecule has 2 rings (SSSR count). The third-order valence-corrected chi connectivity index (χ3v) is 5.86. The third kappa shape index (κ3) is 10.4. The third-order valence-electron chi connectivity index (χ3n) is 5.86. The van der Waals surface area contributed by atoms with Crippen molar-refractivity contribution in [3.05, 3.63) is 70.8 Å². The van der Waals surface area contributed by atoms with E-state index in [1.807, 2.05) is 69.3 Å².